The molecule has 3 aromatic rings. The highest BCUT2D eigenvalue weighted by Gasteiger charge is 2.25. The zero-order valence-electron chi connectivity index (χ0n) is 20.2. The Kier molecular flexibility index (Phi) is 6.00. The van der Waals surface area contributed by atoms with Gasteiger partial charge >= 0.3 is 0 Å². The summed E-state index contributed by atoms with van der Waals surface area (Å²) in [7, 11) is 0. The Labute approximate surface area is 201 Å². The molecule has 0 spiro atoms. The molecule has 2 aliphatic rings. The van der Waals surface area contributed by atoms with Crippen molar-refractivity contribution in [2.45, 2.75) is 39.3 Å². The molecule has 3 heterocycles. The second kappa shape index (κ2) is 9.11. The number of aromatic nitrogens is 1. The number of nitrogens with one attached hydrogen (secondary N) is 1. The number of carbonyl (C=O) groups is 1. The van der Waals surface area contributed by atoms with E-state index >= 15 is 0 Å². The van der Waals surface area contributed by atoms with Crippen molar-refractivity contribution in [3.63, 3.8) is 0 Å². The van der Waals surface area contributed by atoms with Gasteiger partial charge in [0.1, 0.15) is 5.82 Å². The molecule has 2 aliphatic heterocycles. The molecule has 1 saturated heterocycles. The number of pyridine rings is 1. The van der Waals surface area contributed by atoms with Gasteiger partial charge in [0.15, 0.2) is 0 Å². The summed E-state index contributed by atoms with van der Waals surface area (Å²) in [6, 6.07) is 17.9. The van der Waals surface area contributed by atoms with E-state index in [0.717, 1.165) is 59.4 Å². The van der Waals surface area contributed by atoms with Gasteiger partial charge in [0.05, 0.1) is 0 Å². The summed E-state index contributed by atoms with van der Waals surface area (Å²) in [5, 5.41) is 2.90. The predicted molar refractivity (Wildman–Crippen MR) is 139 cm³/mol. The Morgan fingerprint density at radius 2 is 1.76 bits per heavy atom. The normalized spacial score (nSPS) is 18.6. The molecule has 5 rings (SSSR count). The third kappa shape index (κ3) is 4.26. The van der Waals surface area contributed by atoms with Crippen LogP contribution in [0.25, 0.3) is 22.3 Å². The zero-order valence-corrected chi connectivity index (χ0v) is 20.2. The minimum atomic E-state index is -0.00671. The fourth-order valence-electron chi connectivity index (χ4n) is 5.30. The molecule has 1 amide bonds. The highest BCUT2D eigenvalue weighted by molar-refractivity contribution is 5.97. The van der Waals surface area contributed by atoms with Gasteiger partial charge in [0.2, 0.25) is 0 Å². The second-order valence-electron chi connectivity index (χ2n) is 9.71. The SMILES string of the molecule is CC(C)N1CCN(c2ccc(-c3cnc(N)c(-c4ccc5c(c4)CCNC5=O)c3)cc2)CC1C. The Morgan fingerprint density at radius 3 is 2.50 bits per heavy atom. The summed E-state index contributed by atoms with van der Waals surface area (Å²) >= 11 is 0. The fourth-order valence-corrected chi connectivity index (χ4v) is 5.30. The van der Waals surface area contributed by atoms with Gasteiger partial charge in [-0.1, -0.05) is 24.3 Å². The number of hydrogen-bond donors (Lipinski definition) is 2. The van der Waals surface area contributed by atoms with E-state index in [1.165, 1.54) is 5.69 Å². The first-order valence-corrected chi connectivity index (χ1v) is 12.2. The lowest BCUT2D eigenvalue weighted by Crippen LogP contribution is -2.54. The molecule has 1 atom stereocenters. The largest absolute Gasteiger partial charge is 0.383 e. The van der Waals surface area contributed by atoms with E-state index < -0.39 is 0 Å². The van der Waals surface area contributed by atoms with Crippen LogP contribution in [0.15, 0.2) is 54.7 Å². The molecule has 0 radical (unpaired) electrons. The number of benzene rings is 2. The van der Waals surface area contributed by atoms with Crippen LogP contribution in [0.2, 0.25) is 0 Å². The summed E-state index contributed by atoms with van der Waals surface area (Å²) in [6.07, 6.45) is 2.66. The van der Waals surface area contributed by atoms with Crippen molar-refractivity contribution in [3.05, 3.63) is 65.9 Å². The zero-order chi connectivity index (χ0) is 23.8. The van der Waals surface area contributed by atoms with Gasteiger partial charge < -0.3 is 16.0 Å². The van der Waals surface area contributed by atoms with Crippen LogP contribution < -0.4 is 16.0 Å². The maximum atomic E-state index is 12.1. The van der Waals surface area contributed by atoms with Crippen molar-refractivity contribution in [2.75, 3.05) is 36.8 Å². The molecule has 1 fully saturated rings. The number of nitrogen functional groups attached to an aromatic ring is 1. The number of carbonyl (C=O) groups excluding carboxylic acids is 1. The number of rotatable bonds is 4. The van der Waals surface area contributed by atoms with E-state index in [2.05, 4.69) is 77.3 Å². The van der Waals surface area contributed by atoms with Crippen LogP contribution in [-0.4, -0.2) is 54.1 Å². The lowest BCUT2D eigenvalue weighted by Gasteiger charge is -2.43. The number of nitrogens with zero attached hydrogens (tertiary/aromatic N) is 3. The first-order valence-electron chi connectivity index (χ1n) is 12.2. The van der Waals surface area contributed by atoms with Crippen LogP contribution in [0.3, 0.4) is 0 Å². The molecule has 0 bridgehead atoms. The standard InChI is InChI=1S/C28H33N5O/c1-18(2)33-13-12-32(17-19(33)3)24-7-4-20(5-8-24)23-15-26(27(29)31-16-23)21-6-9-25-22(14-21)10-11-30-28(25)34/h4-9,14-16,18-19H,10-13,17H2,1-3H3,(H2,29,31)(H,30,34). The Balaban J connectivity index is 1.38. The van der Waals surface area contributed by atoms with Crippen molar-refractivity contribution in [3.8, 4) is 22.3 Å². The van der Waals surface area contributed by atoms with Crippen LogP contribution in [0.5, 0.6) is 0 Å². The van der Waals surface area contributed by atoms with Crippen LogP contribution in [-0.2, 0) is 6.42 Å². The maximum absolute atomic E-state index is 12.1. The Bertz CT molecular complexity index is 1200. The smallest absolute Gasteiger partial charge is 0.251 e. The Hall–Kier alpha value is -3.38. The van der Waals surface area contributed by atoms with Gasteiger partial charge in [-0.15, -0.1) is 0 Å². The maximum Gasteiger partial charge on any atom is 0.251 e. The van der Waals surface area contributed by atoms with E-state index in [9.17, 15) is 4.79 Å². The quantitative estimate of drug-likeness (QED) is 0.617. The van der Waals surface area contributed by atoms with Crippen LogP contribution in [0.4, 0.5) is 11.5 Å². The molecule has 2 aromatic carbocycles. The average molecular weight is 456 g/mol. The number of amides is 1. The van der Waals surface area contributed by atoms with Crippen molar-refractivity contribution in [1.29, 1.82) is 0 Å². The van der Waals surface area contributed by atoms with Gasteiger partial charge in [0.25, 0.3) is 5.91 Å². The predicted octanol–water partition coefficient (Wildman–Crippen LogP) is 4.20. The molecule has 0 aliphatic carbocycles. The molecule has 1 unspecified atom stereocenters. The topological polar surface area (TPSA) is 74.5 Å². The van der Waals surface area contributed by atoms with E-state index in [1.807, 2.05) is 18.3 Å². The van der Waals surface area contributed by atoms with Crippen LogP contribution >= 0.6 is 0 Å². The highest BCUT2D eigenvalue weighted by Crippen LogP contribution is 2.32. The number of anilines is 2. The number of nitrogens with two attached hydrogens (primary N) is 1. The summed E-state index contributed by atoms with van der Waals surface area (Å²) in [5.74, 6) is 0.491. The molecule has 1 aromatic heterocycles. The van der Waals surface area contributed by atoms with E-state index in [-0.39, 0.29) is 5.91 Å². The molecular weight excluding hydrogens is 422 g/mol. The van der Waals surface area contributed by atoms with Crippen LogP contribution in [0, 0.1) is 0 Å². The van der Waals surface area contributed by atoms with Gasteiger partial charge in [0, 0.05) is 66.8 Å². The van der Waals surface area contributed by atoms with Crippen molar-refractivity contribution < 1.29 is 4.79 Å². The molecule has 3 N–H and O–H groups in total. The van der Waals surface area contributed by atoms with Crippen LogP contribution in [0.1, 0.15) is 36.7 Å². The molecule has 176 valence electrons. The first-order chi connectivity index (χ1) is 16.4. The molecule has 34 heavy (non-hydrogen) atoms. The Morgan fingerprint density at radius 1 is 1.00 bits per heavy atom. The van der Waals surface area contributed by atoms with Crippen molar-refractivity contribution in [2.24, 2.45) is 0 Å². The minimum absolute atomic E-state index is 0.00671. The van der Waals surface area contributed by atoms with Gasteiger partial charge in [-0.2, -0.15) is 0 Å². The number of hydrogen-bond acceptors (Lipinski definition) is 5. The van der Waals surface area contributed by atoms with E-state index in [1.54, 1.807) is 0 Å². The van der Waals surface area contributed by atoms with Gasteiger partial charge in [-0.05, 0) is 68.1 Å². The third-order valence-corrected chi connectivity index (χ3v) is 7.17. The van der Waals surface area contributed by atoms with Crippen molar-refractivity contribution >= 4 is 17.4 Å². The lowest BCUT2D eigenvalue weighted by molar-refractivity contribution is 0.0946. The average Bonchev–Trinajstić information content (AvgIpc) is 2.84. The fraction of sp³-hybridized carbons (Fsp3) is 0.357. The van der Waals surface area contributed by atoms with Gasteiger partial charge in [-0.25, -0.2) is 4.98 Å². The molecule has 0 saturated carbocycles. The van der Waals surface area contributed by atoms with Gasteiger partial charge in [-0.3, -0.25) is 9.69 Å². The number of piperazine rings is 1. The summed E-state index contributed by atoms with van der Waals surface area (Å²) in [6.45, 7) is 10.7. The summed E-state index contributed by atoms with van der Waals surface area (Å²) in [5.41, 5.74) is 13.4. The minimum Gasteiger partial charge on any atom is -0.383 e. The summed E-state index contributed by atoms with van der Waals surface area (Å²) in [4.78, 5) is 21.6. The monoisotopic (exact) mass is 455 g/mol. The second-order valence-corrected chi connectivity index (χ2v) is 9.71. The molecule has 6 heteroatoms. The third-order valence-electron chi connectivity index (χ3n) is 7.17. The lowest BCUT2D eigenvalue weighted by atomic mass is 9.94. The number of fused-ring (bicyclic) bond motifs is 1. The van der Waals surface area contributed by atoms with E-state index in [0.29, 0.717) is 24.4 Å². The first kappa shape index (κ1) is 22.4. The van der Waals surface area contributed by atoms with Crippen molar-refractivity contribution in [1.82, 2.24) is 15.2 Å². The van der Waals surface area contributed by atoms with E-state index in [4.69, 9.17) is 5.73 Å². The summed E-state index contributed by atoms with van der Waals surface area (Å²) < 4.78 is 0. The highest BCUT2D eigenvalue weighted by atomic mass is 16.1. The molecular formula is C28H33N5O. The molecule has 6 nitrogen and oxygen atoms in total.